The molecule has 0 atom stereocenters. The van der Waals surface area contributed by atoms with E-state index >= 15 is 0 Å². The van der Waals surface area contributed by atoms with Crippen molar-refractivity contribution < 1.29 is 14.3 Å². The fraction of sp³-hybridized carbons (Fsp3) is 0.389. The summed E-state index contributed by atoms with van der Waals surface area (Å²) in [5.74, 6) is 1.60. The number of benzene rings is 1. The molecule has 3 aliphatic rings. The van der Waals surface area contributed by atoms with Crippen LogP contribution in [0.4, 0.5) is 0 Å². The van der Waals surface area contributed by atoms with Crippen molar-refractivity contribution in [3.8, 4) is 11.5 Å². The van der Waals surface area contributed by atoms with Crippen molar-refractivity contribution in [3.05, 3.63) is 41.0 Å². The topological polar surface area (TPSA) is 38.8 Å². The summed E-state index contributed by atoms with van der Waals surface area (Å²) in [5.41, 5.74) is 4.20. The molecule has 1 aromatic carbocycles. The monoisotopic (exact) mass is 297 g/mol. The quantitative estimate of drug-likeness (QED) is 0.622. The number of rotatable bonds is 2. The van der Waals surface area contributed by atoms with E-state index in [1.807, 2.05) is 29.2 Å². The van der Waals surface area contributed by atoms with Gasteiger partial charge in [0, 0.05) is 19.2 Å². The highest BCUT2D eigenvalue weighted by Gasteiger charge is 2.23. The maximum absolute atomic E-state index is 12.3. The van der Waals surface area contributed by atoms with Crippen LogP contribution in [-0.4, -0.2) is 30.7 Å². The lowest BCUT2D eigenvalue weighted by Crippen LogP contribution is -2.35. The molecular weight excluding hydrogens is 278 g/mol. The van der Waals surface area contributed by atoms with Gasteiger partial charge in [0.05, 0.1) is 0 Å². The normalized spacial score (nSPS) is 19.9. The van der Waals surface area contributed by atoms with E-state index in [0.717, 1.165) is 43.0 Å². The first-order chi connectivity index (χ1) is 10.8. The SMILES string of the molecule is O=C(/C=C/c1ccc2c(c1)OCO2)N1CCC(=C2CC2)CC1. The Morgan fingerprint density at radius 1 is 1.00 bits per heavy atom. The molecule has 4 rings (SSSR count). The third-order valence-corrected chi connectivity index (χ3v) is 4.49. The molecule has 4 heteroatoms. The summed E-state index contributed by atoms with van der Waals surface area (Å²) in [5, 5.41) is 0. The molecule has 4 nitrogen and oxygen atoms in total. The van der Waals surface area contributed by atoms with Gasteiger partial charge in [-0.25, -0.2) is 0 Å². The number of hydrogen-bond donors (Lipinski definition) is 0. The molecule has 2 fully saturated rings. The Hall–Kier alpha value is -2.23. The van der Waals surface area contributed by atoms with E-state index in [1.165, 1.54) is 12.8 Å². The molecule has 0 aromatic heterocycles. The summed E-state index contributed by atoms with van der Waals surface area (Å²) in [6.07, 6.45) is 8.18. The number of ether oxygens (including phenoxy) is 2. The second-order valence-corrected chi connectivity index (χ2v) is 5.98. The average molecular weight is 297 g/mol. The molecule has 1 saturated heterocycles. The summed E-state index contributed by atoms with van der Waals surface area (Å²) >= 11 is 0. The Bertz CT molecular complexity index is 659. The summed E-state index contributed by atoms with van der Waals surface area (Å²) in [4.78, 5) is 14.2. The van der Waals surface area contributed by atoms with Gasteiger partial charge in [-0.05, 0) is 49.5 Å². The minimum absolute atomic E-state index is 0.0949. The molecule has 2 aliphatic heterocycles. The third-order valence-electron chi connectivity index (χ3n) is 4.49. The molecule has 2 heterocycles. The molecule has 114 valence electrons. The zero-order chi connectivity index (χ0) is 14.9. The average Bonchev–Trinajstić information content (AvgIpc) is 3.30. The number of fused-ring (bicyclic) bond motifs is 1. The number of likely N-dealkylation sites (tertiary alicyclic amines) is 1. The van der Waals surface area contributed by atoms with Gasteiger partial charge in [0.1, 0.15) is 0 Å². The van der Waals surface area contributed by atoms with Gasteiger partial charge in [-0.15, -0.1) is 0 Å². The number of carbonyl (C=O) groups excluding carboxylic acids is 1. The second kappa shape index (κ2) is 5.52. The fourth-order valence-corrected chi connectivity index (χ4v) is 3.06. The molecule has 0 radical (unpaired) electrons. The van der Waals surface area contributed by atoms with Crippen molar-refractivity contribution in [1.29, 1.82) is 0 Å². The van der Waals surface area contributed by atoms with Gasteiger partial charge in [-0.1, -0.05) is 17.2 Å². The molecule has 0 unspecified atom stereocenters. The van der Waals surface area contributed by atoms with Crippen LogP contribution in [0.15, 0.2) is 35.4 Å². The van der Waals surface area contributed by atoms with Crippen molar-refractivity contribution in [3.63, 3.8) is 0 Å². The molecule has 1 aliphatic carbocycles. The molecular formula is C18H19NO3. The van der Waals surface area contributed by atoms with Crippen LogP contribution in [-0.2, 0) is 4.79 Å². The first-order valence-corrected chi connectivity index (χ1v) is 7.86. The predicted octanol–water partition coefficient (Wildman–Crippen LogP) is 3.14. The van der Waals surface area contributed by atoms with Crippen LogP contribution in [0.5, 0.6) is 11.5 Å². The van der Waals surface area contributed by atoms with Crippen LogP contribution in [0.1, 0.15) is 31.2 Å². The molecule has 0 N–H and O–H groups in total. The number of hydrogen-bond acceptors (Lipinski definition) is 3. The highest BCUT2D eigenvalue weighted by Crippen LogP contribution is 2.36. The highest BCUT2D eigenvalue weighted by atomic mass is 16.7. The maximum Gasteiger partial charge on any atom is 0.246 e. The summed E-state index contributed by atoms with van der Waals surface area (Å²) in [7, 11) is 0. The van der Waals surface area contributed by atoms with Crippen LogP contribution < -0.4 is 9.47 Å². The largest absolute Gasteiger partial charge is 0.454 e. The Kier molecular flexibility index (Phi) is 3.37. The van der Waals surface area contributed by atoms with E-state index in [0.29, 0.717) is 0 Å². The minimum Gasteiger partial charge on any atom is -0.454 e. The molecule has 1 amide bonds. The van der Waals surface area contributed by atoms with Crippen LogP contribution >= 0.6 is 0 Å². The molecule has 1 aromatic rings. The van der Waals surface area contributed by atoms with Gasteiger partial charge in [0.15, 0.2) is 11.5 Å². The first-order valence-electron chi connectivity index (χ1n) is 7.86. The molecule has 22 heavy (non-hydrogen) atoms. The van der Waals surface area contributed by atoms with Crippen molar-refractivity contribution in [2.75, 3.05) is 19.9 Å². The van der Waals surface area contributed by atoms with E-state index in [-0.39, 0.29) is 12.7 Å². The van der Waals surface area contributed by atoms with Crippen LogP contribution in [0, 0.1) is 0 Å². The lowest BCUT2D eigenvalue weighted by molar-refractivity contribution is -0.126. The van der Waals surface area contributed by atoms with Gasteiger partial charge in [-0.3, -0.25) is 4.79 Å². The fourth-order valence-electron chi connectivity index (χ4n) is 3.06. The van der Waals surface area contributed by atoms with Crippen molar-refractivity contribution in [2.24, 2.45) is 0 Å². The molecule has 0 spiro atoms. The Morgan fingerprint density at radius 3 is 2.50 bits per heavy atom. The second-order valence-electron chi connectivity index (χ2n) is 5.98. The van der Waals surface area contributed by atoms with Gasteiger partial charge in [0.25, 0.3) is 0 Å². The standard InChI is InChI=1S/C18H19NO3/c20-18(19-9-7-15(8-10-19)14-3-4-14)6-2-13-1-5-16-17(11-13)22-12-21-16/h1-2,5-6,11H,3-4,7-10,12H2/b6-2+. The maximum atomic E-state index is 12.3. The van der Waals surface area contributed by atoms with Gasteiger partial charge in [0.2, 0.25) is 12.7 Å². The Balaban J connectivity index is 1.38. The highest BCUT2D eigenvalue weighted by molar-refractivity contribution is 5.92. The number of nitrogens with zero attached hydrogens (tertiary/aromatic N) is 1. The lowest BCUT2D eigenvalue weighted by Gasteiger charge is -2.27. The molecule has 0 bridgehead atoms. The first kappa shape index (κ1) is 13.4. The van der Waals surface area contributed by atoms with Crippen LogP contribution in [0.2, 0.25) is 0 Å². The number of piperidine rings is 1. The number of amides is 1. The Morgan fingerprint density at radius 2 is 1.73 bits per heavy atom. The Labute approximate surface area is 130 Å². The number of carbonyl (C=O) groups is 1. The molecule has 1 saturated carbocycles. The predicted molar refractivity (Wildman–Crippen MR) is 83.7 cm³/mol. The zero-order valence-electron chi connectivity index (χ0n) is 12.5. The van der Waals surface area contributed by atoms with E-state index in [9.17, 15) is 4.79 Å². The van der Waals surface area contributed by atoms with Gasteiger partial charge >= 0.3 is 0 Å². The van der Waals surface area contributed by atoms with E-state index in [2.05, 4.69) is 0 Å². The third kappa shape index (κ3) is 2.73. The number of allylic oxidation sites excluding steroid dienone is 1. The summed E-state index contributed by atoms with van der Waals surface area (Å²) in [6.45, 7) is 1.97. The van der Waals surface area contributed by atoms with E-state index in [4.69, 9.17) is 9.47 Å². The zero-order valence-corrected chi connectivity index (χ0v) is 12.5. The van der Waals surface area contributed by atoms with Gasteiger partial charge < -0.3 is 14.4 Å². The van der Waals surface area contributed by atoms with E-state index < -0.39 is 0 Å². The lowest BCUT2D eigenvalue weighted by atomic mass is 10.0. The van der Waals surface area contributed by atoms with Crippen molar-refractivity contribution in [1.82, 2.24) is 4.90 Å². The van der Waals surface area contributed by atoms with Crippen molar-refractivity contribution in [2.45, 2.75) is 25.7 Å². The van der Waals surface area contributed by atoms with Crippen LogP contribution in [0.25, 0.3) is 6.08 Å². The summed E-state index contributed by atoms with van der Waals surface area (Å²) < 4.78 is 10.6. The van der Waals surface area contributed by atoms with Gasteiger partial charge in [-0.2, -0.15) is 0 Å². The smallest absolute Gasteiger partial charge is 0.246 e. The summed E-state index contributed by atoms with van der Waals surface area (Å²) in [6, 6.07) is 5.71. The van der Waals surface area contributed by atoms with E-state index in [1.54, 1.807) is 17.2 Å². The van der Waals surface area contributed by atoms with Crippen molar-refractivity contribution >= 4 is 12.0 Å². The minimum atomic E-state index is 0.0949. The van der Waals surface area contributed by atoms with Crippen LogP contribution in [0.3, 0.4) is 0 Å².